The van der Waals surface area contributed by atoms with Crippen molar-refractivity contribution < 1.29 is 4.79 Å². The van der Waals surface area contributed by atoms with Gasteiger partial charge in [0.15, 0.2) is 5.69 Å². The van der Waals surface area contributed by atoms with Gasteiger partial charge in [0, 0.05) is 34.9 Å². The van der Waals surface area contributed by atoms with Gasteiger partial charge >= 0.3 is 0 Å². The number of hydrogen-bond donors (Lipinski definition) is 2. The second-order valence-electron chi connectivity index (χ2n) is 8.70. The number of amides is 1. The number of nitrogens with zero attached hydrogens (tertiary/aromatic N) is 2. The summed E-state index contributed by atoms with van der Waals surface area (Å²) in [4.78, 5) is 29.6. The number of hydrogen-bond acceptors (Lipinski definition) is 3. The number of carbonyl (C=O) groups is 1. The summed E-state index contributed by atoms with van der Waals surface area (Å²) in [5.41, 5.74) is 3.35. The van der Waals surface area contributed by atoms with E-state index >= 15 is 0 Å². The summed E-state index contributed by atoms with van der Waals surface area (Å²) < 4.78 is 1.38. The molecule has 2 N–H and O–H groups in total. The lowest BCUT2D eigenvalue weighted by molar-refractivity contribution is 0.0946. The maximum atomic E-state index is 13.4. The summed E-state index contributed by atoms with van der Waals surface area (Å²) in [5, 5.41) is 9.73. The molecule has 6 nitrogen and oxygen atoms in total. The fourth-order valence-corrected chi connectivity index (χ4v) is 4.48. The van der Waals surface area contributed by atoms with Crippen LogP contribution in [0.3, 0.4) is 0 Å². The van der Waals surface area contributed by atoms with Gasteiger partial charge in [0.25, 0.3) is 11.5 Å². The molecule has 0 aliphatic heterocycles. The summed E-state index contributed by atoms with van der Waals surface area (Å²) in [7, 11) is 0. The molecule has 0 aliphatic carbocycles. The Labute approximate surface area is 197 Å². The van der Waals surface area contributed by atoms with E-state index in [1.54, 1.807) is 18.2 Å². The molecule has 0 radical (unpaired) electrons. The molecule has 0 saturated heterocycles. The van der Waals surface area contributed by atoms with Crippen LogP contribution < -0.4 is 10.9 Å². The fraction of sp³-hybridized carbons (Fsp3) is 0.179. The lowest BCUT2D eigenvalue weighted by Crippen LogP contribution is -2.33. The van der Waals surface area contributed by atoms with E-state index < -0.39 is 0 Å². The van der Waals surface area contributed by atoms with E-state index in [2.05, 4.69) is 33.6 Å². The number of H-pyrrole nitrogens is 1. The molecule has 1 amide bonds. The van der Waals surface area contributed by atoms with Gasteiger partial charge in [0.1, 0.15) is 0 Å². The van der Waals surface area contributed by atoms with E-state index in [9.17, 15) is 9.59 Å². The quantitative estimate of drug-likeness (QED) is 0.381. The fourth-order valence-electron chi connectivity index (χ4n) is 4.48. The van der Waals surface area contributed by atoms with Gasteiger partial charge in [0.05, 0.1) is 11.4 Å². The van der Waals surface area contributed by atoms with Crippen molar-refractivity contribution in [2.24, 2.45) is 0 Å². The molecule has 6 heteroatoms. The highest BCUT2D eigenvalue weighted by atomic mass is 16.2. The van der Waals surface area contributed by atoms with Crippen molar-refractivity contribution in [1.82, 2.24) is 20.1 Å². The van der Waals surface area contributed by atoms with Gasteiger partial charge in [0.2, 0.25) is 0 Å². The van der Waals surface area contributed by atoms with Gasteiger partial charge in [-0.15, -0.1) is 0 Å². The normalized spacial score (nSPS) is 12.3. The molecule has 0 aliphatic rings. The van der Waals surface area contributed by atoms with Gasteiger partial charge in [-0.3, -0.25) is 9.59 Å². The van der Waals surface area contributed by atoms with Crippen LogP contribution in [0.25, 0.3) is 21.7 Å². The van der Waals surface area contributed by atoms with Crippen LogP contribution in [0.5, 0.6) is 0 Å². The Balaban J connectivity index is 1.53. The number of para-hydroxylation sites is 1. The zero-order chi connectivity index (χ0) is 23.7. The molecule has 0 fully saturated rings. The standard InChI is InChI=1S/C28H26N4O2/c1-18(2)32-28(34)22-14-7-6-13-21(22)26(31-32)27(33)30-16-23(19-10-4-3-5-11-19)24-17-29-25-15-9-8-12-20(24)25/h3-15,17-18,23,29H,16H2,1-2H3,(H,30,33). The third kappa shape index (κ3) is 3.88. The monoisotopic (exact) mass is 450 g/mol. The molecule has 0 spiro atoms. The average Bonchev–Trinajstić information content (AvgIpc) is 3.29. The molecule has 0 saturated carbocycles. The minimum absolute atomic E-state index is 0.0523. The Bertz CT molecular complexity index is 1530. The van der Waals surface area contributed by atoms with E-state index in [0.717, 1.165) is 22.0 Å². The Kier molecular flexibility index (Phi) is 5.72. The van der Waals surface area contributed by atoms with E-state index in [4.69, 9.17) is 0 Å². The molecule has 34 heavy (non-hydrogen) atoms. The van der Waals surface area contributed by atoms with Gasteiger partial charge in [-0.25, -0.2) is 4.68 Å². The number of carbonyl (C=O) groups excluding carboxylic acids is 1. The summed E-state index contributed by atoms with van der Waals surface area (Å²) >= 11 is 0. The molecule has 2 aromatic heterocycles. The summed E-state index contributed by atoms with van der Waals surface area (Å²) in [6.07, 6.45) is 2.01. The molecule has 0 bridgehead atoms. The Morgan fingerprint density at radius 3 is 2.29 bits per heavy atom. The van der Waals surface area contributed by atoms with Crippen LogP contribution in [0.15, 0.2) is 89.9 Å². The SMILES string of the molecule is CC(C)n1nc(C(=O)NCC(c2ccccc2)c2c[nH]c3ccccc23)c2ccccc2c1=O. The zero-order valence-corrected chi connectivity index (χ0v) is 19.2. The minimum atomic E-state index is -0.300. The smallest absolute Gasteiger partial charge is 0.274 e. The molecular formula is C28H26N4O2. The minimum Gasteiger partial charge on any atom is -0.361 e. The largest absolute Gasteiger partial charge is 0.361 e. The van der Waals surface area contributed by atoms with Crippen molar-refractivity contribution in [3.63, 3.8) is 0 Å². The second kappa shape index (κ2) is 8.98. The Morgan fingerprint density at radius 2 is 1.56 bits per heavy atom. The summed E-state index contributed by atoms with van der Waals surface area (Å²) in [6.45, 7) is 4.15. The Hall–Kier alpha value is -4.19. The molecule has 2 heterocycles. The third-order valence-electron chi connectivity index (χ3n) is 6.20. The highest BCUT2D eigenvalue weighted by Gasteiger charge is 2.22. The summed E-state index contributed by atoms with van der Waals surface area (Å²) in [6, 6.07) is 25.3. The number of aromatic nitrogens is 3. The number of benzene rings is 3. The topological polar surface area (TPSA) is 79.8 Å². The van der Waals surface area contributed by atoms with Crippen molar-refractivity contribution in [2.75, 3.05) is 6.54 Å². The van der Waals surface area contributed by atoms with Crippen LogP contribution >= 0.6 is 0 Å². The number of nitrogens with one attached hydrogen (secondary N) is 2. The molecule has 1 atom stereocenters. The Morgan fingerprint density at radius 1 is 0.912 bits per heavy atom. The lowest BCUT2D eigenvalue weighted by atomic mass is 9.91. The second-order valence-corrected chi connectivity index (χ2v) is 8.70. The predicted octanol–water partition coefficient (Wildman–Crippen LogP) is 5.02. The van der Waals surface area contributed by atoms with Crippen LogP contribution in [-0.2, 0) is 0 Å². The van der Waals surface area contributed by atoms with Crippen molar-refractivity contribution in [3.8, 4) is 0 Å². The van der Waals surface area contributed by atoms with Crippen LogP contribution in [0.1, 0.15) is 47.4 Å². The van der Waals surface area contributed by atoms with Crippen molar-refractivity contribution in [3.05, 3.63) is 112 Å². The van der Waals surface area contributed by atoms with Crippen LogP contribution in [0.2, 0.25) is 0 Å². The molecular weight excluding hydrogens is 424 g/mol. The zero-order valence-electron chi connectivity index (χ0n) is 19.2. The van der Waals surface area contributed by atoms with Crippen molar-refractivity contribution >= 4 is 27.6 Å². The average molecular weight is 451 g/mol. The van der Waals surface area contributed by atoms with Gasteiger partial charge in [-0.1, -0.05) is 66.7 Å². The highest BCUT2D eigenvalue weighted by Crippen LogP contribution is 2.30. The van der Waals surface area contributed by atoms with E-state index in [-0.39, 0.29) is 29.1 Å². The first-order valence-corrected chi connectivity index (χ1v) is 11.5. The molecule has 3 aromatic carbocycles. The van der Waals surface area contributed by atoms with E-state index in [1.165, 1.54) is 4.68 Å². The maximum absolute atomic E-state index is 13.4. The van der Waals surface area contributed by atoms with Gasteiger partial charge < -0.3 is 10.3 Å². The van der Waals surface area contributed by atoms with Crippen LogP contribution in [0.4, 0.5) is 0 Å². The molecule has 170 valence electrons. The molecule has 5 aromatic rings. The first-order chi connectivity index (χ1) is 16.5. The van der Waals surface area contributed by atoms with Gasteiger partial charge in [-0.2, -0.15) is 5.10 Å². The maximum Gasteiger partial charge on any atom is 0.274 e. The number of aromatic amines is 1. The first-order valence-electron chi connectivity index (χ1n) is 11.5. The van der Waals surface area contributed by atoms with Gasteiger partial charge in [-0.05, 0) is 37.1 Å². The highest BCUT2D eigenvalue weighted by molar-refractivity contribution is 6.04. The van der Waals surface area contributed by atoms with E-state index in [0.29, 0.717) is 17.3 Å². The van der Waals surface area contributed by atoms with E-state index in [1.807, 2.05) is 62.5 Å². The summed E-state index contributed by atoms with van der Waals surface area (Å²) in [5.74, 6) is -0.352. The predicted molar refractivity (Wildman–Crippen MR) is 135 cm³/mol. The van der Waals surface area contributed by atoms with Crippen molar-refractivity contribution in [1.29, 1.82) is 0 Å². The first kappa shape index (κ1) is 21.6. The molecule has 1 unspecified atom stereocenters. The van der Waals surface area contributed by atoms with Crippen LogP contribution in [-0.4, -0.2) is 27.2 Å². The molecule has 5 rings (SSSR count). The third-order valence-corrected chi connectivity index (χ3v) is 6.20. The van der Waals surface area contributed by atoms with Crippen molar-refractivity contribution in [2.45, 2.75) is 25.8 Å². The number of rotatable bonds is 6. The van der Waals surface area contributed by atoms with Crippen LogP contribution in [0, 0.1) is 0 Å². The number of fused-ring (bicyclic) bond motifs is 2. The lowest BCUT2D eigenvalue weighted by Gasteiger charge is -2.19.